The number of benzene rings is 1. The van der Waals surface area contributed by atoms with Crippen LogP contribution in [0.5, 0.6) is 11.5 Å². The first-order valence-electron chi connectivity index (χ1n) is 6.05. The molecule has 1 aromatic carbocycles. The minimum Gasteiger partial charge on any atom is -0.486 e. The van der Waals surface area contributed by atoms with Gasteiger partial charge in [-0.1, -0.05) is 0 Å². The van der Waals surface area contributed by atoms with Crippen molar-refractivity contribution in [2.24, 2.45) is 0 Å². The average Bonchev–Trinajstić information content (AvgIpc) is 2.46. The topological polar surface area (TPSA) is 111 Å². The largest absolute Gasteiger partial charge is 0.486 e. The summed E-state index contributed by atoms with van der Waals surface area (Å²) in [7, 11) is 0. The molecule has 2 aromatic rings. The molecule has 0 radical (unpaired) electrons. The van der Waals surface area contributed by atoms with Crippen molar-refractivity contribution in [1.29, 1.82) is 0 Å². The summed E-state index contributed by atoms with van der Waals surface area (Å²) in [6.07, 6.45) is 0.981. The molecule has 2 heterocycles. The molecule has 0 unspecified atom stereocenters. The monoisotopic (exact) mass is 290 g/mol. The number of rotatable bonds is 2. The standard InChI is InChI=1S/C13H10N2O6/c16-11-8(12(17)18)6-15(13(19)14-11)7-1-2-9-10(5-7)21-4-3-20-9/h1-2,5-6H,3-4H2,(H,17,18)(H,14,16,19). The second-order valence-corrected chi connectivity index (χ2v) is 4.31. The zero-order valence-electron chi connectivity index (χ0n) is 10.7. The Bertz CT molecular complexity index is 835. The van der Waals surface area contributed by atoms with Crippen LogP contribution in [0.3, 0.4) is 0 Å². The second-order valence-electron chi connectivity index (χ2n) is 4.31. The van der Waals surface area contributed by atoms with Crippen molar-refractivity contribution in [3.63, 3.8) is 0 Å². The average molecular weight is 290 g/mol. The number of carboxylic acid groups (broad SMARTS) is 1. The lowest BCUT2D eigenvalue weighted by atomic mass is 10.2. The SMILES string of the molecule is O=C(O)c1cn(-c2ccc3c(c2)OCCO3)c(=O)[nH]c1=O. The van der Waals surface area contributed by atoms with Crippen molar-refractivity contribution < 1.29 is 19.4 Å². The lowest BCUT2D eigenvalue weighted by Gasteiger charge is -2.19. The van der Waals surface area contributed by atoms with Crippen LogP contribution in [0.25, 0.3) is 5.69 Å². The zero-order valence-corrected chi connectivity index (χ0v) is 10.7. The van der Waals surface area contributed by atoms with Gasteiger partial charge in [0, 0.05) is 12.3 Å². The smallest absolute Gasteiger partial charge is 0.342 e. The number of carboxylic acids is 1. The van der Waals surface area contributed by atoms with E-state index in [1.165, 1.54) is 0 Å². The van der Waals surface area contributed by atoms with Crippen molar-refractivity contribution in [3.05, 3.63) is 50.8 Å². The molecule has 0 saturated carbocycles. The predicted octanol–water partition coefficient (Wildman–Crippen LogP) is -0.00480. The fraction of sp³-hybridized carbons (Fsp3) is 0.154. The Morgan fingerprint density at radius 1 is 1.19 bits per heavy atom. The first kappa shape index (κ1) is 13.0. The molecule has 2 N–H and O–H groups in total. The van der Waals surface area contributed by atoms with E-state index in [1.807, 2.05) is 4.98 Å². The summed E-state index contributed by atoms with van der Waals surface area (Å²) >= 11 is 0. The Balaban J connectivity index is 2.16. The number of H-pyrrole nitrogens is 1. The molecule has 0 aliphatic carbocycles. The number of fused-ring (bicyclic) bond motifs is 1. The van der Waals surface area contributed by atoms with E-state index in [4.69, 9.17) is 14.6 Å². The van der Waals surface area contributed by atoms with Crippen LogP contribution in [-0.4, -0.2) is 33.8 Å². The summed E-state index contributed by atoms with van der Waals surface area (Å²) in [6.45, 7) is 0.825. The van der Waals surface area contributed by atoms with Crippen LogP contribution in [0.4, 0.5) is 0 Å². The lowest BCUT2D eigenvalue weighted by molar-refractivity contribution is 0.0694. The van der Waals surface area contributed by atoms with Gasteiger partial charge >= 0.3 is 11.7 Å². The van der Waals surface area contributed by atoms with Crippen molar-refractivity contribution in [1.82, 2.24) is 9.55 Å². The molecule has 8 heteroatoms. The maximum Gasteiger partial charge on any atom is 0.342 e. The van der Waals surface area contributed by atoms with E-state index in [2.05, 4.69) is 0 Å². The van der Waals surface area contributed by atoms with Crippen LogP contribution in [0.2, 0.25) is 0 Å². The van der Waals surface area contributed by atoms with Gasteiger partial charge in [-0.3, -0.25) is 14.3 Å². The van der Waals surface area contributed by atoms with E-state index < -0.39 is 22.8 Å². The van der Waals surface area contributed by atoms with Gasteiger partial charge in [-0.2, -0.15) is 0 Å². The maximum atomic E-state index is 11.8. The lowest BCUT2D eigenvalue weighted by Crippen LogP contribution is -2.32. The van der Waals surface area contributed by atoms with Crippen LogP contribution in [0, 0.1) is 0 Å². The molecule has 0 fully saturated rings. The van der Waals surface area contributed by atoms with E-state index in [-0.39, 0.29) is 0 Å². The summed E-state index contributed by atoms with van der Waals surface area (Å²) in [5.41, 5.74) is -1.84. The van der Waals surface area contributed by atoms with Gasteiger partial charge in [0.1, 0.15) is 18.8 Å². The van der Waals surface area contributed by atoms with Crippen molar-refractivity contribution in [3.8, 4) is 17.2 Å². The van der Waals surface area contributed by atoms with Crippen molar-refractivity contribution in [2.75, 3.05) is 13.2 Å². The normalized spacial score (nSPS) is 13.0. The summed E-state index contributed by atoms with van der Waals surface area (Å²) in [4.78, 5) is 36.2. The number of nitrogens with zero attached hydrogens (tertiary/aromatic N) is 1. The quantitative estimate of drug-likeness (QED) is 0.805. The van der Waals surface area contributed by atoms with Crippen molar-refractivity contribution in [2.45, 2.75) is 0 Å². The first-order chi connectivity index (χ1) is 10.1. The fourth-order valence-electron chi connectivity index (χ4n) is 2.00. The summed E-state index contributed by atoms with van der Waals surface area (Å²) in [5.74, 6) is -0.419. The minimum atomic E-state index is -1.41. The molecule has 108 valence electrons. The number of aromatic amines is 1. The fourth-order valence-corrected chi connectivity index (χ4v) is 2.00. The molecule has 8 nitrogen and oxygen atoms in total. The van der Waals surface area contributed by atoms with Gasteiger partial charge in [0.2, 0.25) is 0 Å². The third-order valence-electron chi connectivity index (χ3n) is 2.98. The molecule has 3 rings (SSSR count). The molecule has 1 aliphatic heterocycles. The van der Waals surface area contributed by atoms with Crippen LogP contribution in [0.15, 0.2) is 34.0 Å². The highest BCUT2D eigenvalue weighted by molar-refractivity contribution is 5.86. The number of nitrogens with one attached hydrogen (secondary N) is 1. The molecule has 1 aliphatic rings. The van der Waals surface area contributed by atoms with E-state index in [9.17, 15) is 14.4 Å². The second kappa shape index (κ2) is 4.82. The molecule has 0 spiro atoms. The Kier molecular flexibility index (Phi) is 2.98. The van der Waals surface area contributed by atoms with Gasteiger partial charge in [0.05, 0.1) is 5.69 Å². The van der Waals surface area contributed by atoms with Crippen LogP contribution >= 0.6 is 0 Å². The third kappa shape index (κ3) is 2.27. The van der Waals surface area contributed by atoms with Gasteiger partial charge in [0.15, 0.2) is 11.5 Å². The van der Waals surface area contributed by atoms with Crippen molar-refractivity contribution >= 4 is 5.97 Å². The summed E-state index contributed by atoms with van der Waals surface area (Å²) in [6, 6.07) is 4.72. The molecule has 21 heavy (non-hydrogen) atoms. The molecule has 0 saturated heterocycles. The van der Waals surface area contributed by atoms with Gasteiger partial charge in [0.25, 0.3) is 5.56 Å². The molecule has 0 amide bonds. The highest BCUT2D eigenvalue weighted by Crippen LogP contribution is 2.31. The number of hydrogen-bond acceptors (Lipinski definition) is 5. The van der Waals surface area contributed by atoms with E-state index in [0.717, 1.165) is 10.8 Å². The summed E-state index contributed by atoms with van der Waals surface area (Å²) in [5, 5.41) is 8.94. The summed E-state index contributed by atoms with van der Waals surface area (Å²) < 4.78 is 11.8. The highest BCUT2D eigenvalue weighted by Gasteiger charge is 2.15. The van der Waals surface area contributed by atoms with E-state index in [0.29, 0.717) is 30.4 Å². The van der Waals surface area contributed by atoms with Gasteiger partial charge in [-0.05, 0) is 12.1 Å². The zero-order chi connectivity index (χ0) is 15.0. The Hall–Kier alpha value is -3.03. The van der Waals surface area contributed by atoms with Gasteiger partial charge in [-0.15, -0.1) is 0 Å². The Labute approximate surface area is 117 Å². The highest BCUT2D eigenvalue weighted by atomic mass is 16.6. The molecular weight excluding hydrogens is 280 g/mol. The van der Waals surface area contributed by atoms with E-state index in [1.54, 1.807) is 18.2 Å². The number of aromatic carboxylic acids is 1. The molecular formula is C13H10N2O6. The molecule has 0 bridgehead atoms. The Morgan fingerprint density at radius 3 is 2.62 bits per heavy atom. The van der Waals surface area contributed by atoms with Gasteiger partial charge < -0.3 is 14.6 Å². The number of hydrogen-bond donors (Lipinski definition) is 2. The number of aromatic nitrogens is 2. The number of ether oxygens (including phenoxy) is 2. The van der Waals surface area contributed by atoms with Crippen LogP contribution in [-0.2, 0) is 0 Å². The molecule has 1 aromatic heterocycles. The predicted molar refractivity (Wildman–Crippen MR) is 70.6 cm³/mol. The van der Waals surface area contributed by atoms with Crippen LogP contribution < -0.4 is 20.7 Å². The first-order valence-corrected chi connectivity index (χ1v) is 6.05. The van der Waals surface area contributed by atoms with E-state index >= 15 is 0 Å². The maximum absolute atomic E-state index is 11.8. The molecule has 0 atom stereocenters. The minimum absolute atomic E-state index is 0.364. The Morgan fingerprint density at radius 2 is 1.90 bits per heavy atom. The third-order valence-corrected chi connectivity index (χ3v) is 2.98. The number of carbonyl (C=O) groups is 1. The van der Waals surface area contributed by atoms with Crippen LogP contribution in [0.1, 0.15) is 10.4 Å². The van der Waals surface area contributed by atoms with Gasteiger partial charge in [-0.25, -0.2) is 9.59 Å².